The Bertz CT molecular complexity index is 614. The van der Waals surface area contributed by atoms with Gasteiger partial charge in [-0.05, 0) is 19.1 Å². The van der Waals surface area contributed by atoms with Gasteiger partial charge in [0.1, 0.15) is 22.6 Å². The minimum atomic E-state index is -3.45. The Kier molecular flexibility index (Phi) is 5.46. The van der Waals surface area contributed by atoms with Crippen LogP contribution >= 0.6 is 12.2 Å². The number of anilines is 1. The first-order chi connectivity index (χ1) is 9.21. The van der Waals surface area contributed by atoms with E-state index in [0.717, 1.165) is 6.26 Å². The van der Waals surface area contributed by atoms with Gasteiger partial charge in [0.05, 0.1) is 5.69 Å². The summed E-state index contributed by atoms with van der Waals surface area (Å²) in [6.07, 6.45) is 1.01. The summed E-state index contributed by atoms with van der Waals surface area (Å²) in [5.74, 6) is -0.256. The molecule has 3 N–H and O–H groups in total. The van der Waals surface area contributed by atoms with Crippen LogP contribution in [-0.4, -0.2) is 37.4 Å². The summed E-state index contributed by atoms with van der Waals surface area (Å²) in [5, 5.41) is 1.37. The summed E-state index contributed by atoms with van der Waals surface area (Å²) in [6.45, 7) is 1.35. The SMILES string of the molecule is CC(C(=O)Nc1ccccc1OCC(N)=S)S(C)(=O)=O. The molecule has 1 atom stereocenters. The van der Waals surface area contributed by atoms with Crippen molar-refractivity contribution in [1.29, 1.82) is 0 Å². The highest BCUT2D eigenvalue weighted by atomic mass is 32.2. The summed E-state index contributed by atoms with van der Waals surface area (Å²) in [4.78, 5) is 12.0. The lowest BCUT2D eigenvalue weighted by Gasteiger charge is -2.14. The molecule has 1 amide bonds. The third kappa shape index (κ3) is 4.78. The monoisotopic (exact) mass is 316 g/mol. The van der Waals surface area contributed by atoms with Crippen molar-refractivity contribution in [1.82, 2.24) is 0 Å². The molecular formula is C12H16N2O4S2. The van der Waals surface area contributed by atoms with Crippen LogP contribution in [0.5, 0.6) is 5.75 Å². The number of nitrogens with one attached hydrogen (secondary N) is 1. The van der Waals surface area contributed by atoms with Gasteiger partial charge in [-0.25, -0.2) is 8.42 Å². The highest BCUT2D eigenvalue weighted by Crippen LogP contribution is 2.24. The predicted molar refractivity (Wildman–Crippen MR) is 81.7 cm³/mol. The third-order valence-electron chi connectivity index (χ3n) is 2.53. The zero-order valence-corrected chi connectivity index (χ0v) is 12.8. The highest BCUT2D eigenvalue weighted by molar-refractivity contribution is 7.92. The number of hydrogen-bond acceptors (Lipinski definition) is 5. The summed E-state index contributed by atoms with van der Waals surface area (Å²) in [7, 11) is -3.45. The number of thiocarbonyl (C=S) groups is 1. The van der Waals surface area contributed by atoms with Crippen molar-refractivity contribution in [3.63, 3.8) is 0 Å². The van der Waals surface area contributed by atoms with Crippen LogP contribution in [0.15, 0.2) is 24.3 Å². The zero-order valence-electron chi connectivity index (χ0n) is 11.1. The maximum atomic E-state index is 11.9. The fourth-order valence-electron chi connectivity index (χ4n) is 1.27. The van der Waals surface area contributed by atoms with Crippen molar-refractivity contribution < 1.29 is 17.9 Å². The number of rotatable bonds is 6. The molecule has 110 valence electrons. The average Bonchev–Trinajstić information content (AvgIpc) is 2.35. The number of nitrogens with two attached hydrogens (primary N) is 1. The Morgan fingerprint density at radius 1 is 1.45 bits per heavy atom. The lowest BCUT2D eigenvalue weighted by molar-refractivity contribution is -0.115. The molecule has 0 aromatic heterocycles. The first-order valence-electron chi connectivity index (χ1n) is 5.71. The van der Waals surface area contributed by atoms with Crippen LogP contribution in [0, 0.1) is 0 Å². The van der Waals surface area contributed by atoms with Gasteiger partial charge in [-0.2, -0.15) is 0 Å². The molecule has 8 heteroatoms. The highest BCUT2D eigenvalue weighted by Gasteiger charge is 2.24. The quantitative estimate of drug-likeness (QED) is 0.751. The molecule has 0 fully saturated rings. The van der Waals surface area contributed by atoms with Gasteiger partial charge in [-0.3, -0.25) is 4.79 Å². The van der Waals surface area contributed by atoms with Crippen molar-refractivity contribution in [2.24, 2.45) is 5.73 Å². The lowest BCUT2D eigenvalue weighted by Crippen LogP contribution is -2.32. The molecule has 0 bridgehead atoms. The second-order valence-corrected chi connectivity index (χ2v) is 7.10. The molecule has 0 saturated heterocycles. The first kappa shape index (κ1) is 16.4. The molecule has 0 heterocycles. The predicted octanol–water partition coefficient (Wildman–Crippen LogP) is 0.723. The Balaban J connectivity index is 2.87. The molecule has 1 unspecified atom stereocenters. The maximum absolute atomic E-state index is 11.9. The number of hydrogen-bond donors (Lipinski definition) is 2. The molecule has 0 saturated carbocycles. The largest absolute Gasteiger partial charge is 0.484 e. The van der Waals surface area contributed by atoms with Gasteiger partial charge >= 0.3 is 0 Å². The van der Waals surface area contributed by atoms with Crippen LogP contribution in [0.1, 0.15) is 6.92 Å². The molecule has 0 spiro atoms. The molecule has 1 aromatic carbocycles. The third-order valence-corrected chi connectivity index (χ3v) is 4.14. The van der Waals surface area contributed by atoms with Crippen LogP contribution in [0.25, 0.3) is 0 Å². The standard InChI is InChI=1S/C12H16N2O4S2/c1-8(20(2,16)17)12(15)14-9-5-3-4-6-10(9)18-7-11(13)19/h3-6,8H,7H2,1-2H3,(H2,13,19)(H,14,15). The fourth-order valence-corrected chi connectivity index (χ4v) is 1.78. The van der Waals surface area contributed by atoms with E-state index in [0.29, 0.717) is 11.4 Å². The van der Waals surface area contributed by atoms with Gasteiger partial charge in [-0.15, -0.1) is 0 Å². The summed E-state index contributed by atoms with van der Waals surface area (Å²) in [5.41, 5.74) is 5.70. The number of sulfone groups is 1. The second kappa shape index (κ2) is 6.67. The fraction of sp³-hybridized carbons (Fsp3) is 0.333. The molecular weight excluding hydrogens is 300 g/mol. The second-order valence-electron chi connectivity index (χ2n) is 4.21. The Morgan fingerprint density at radius 2 is 2.05 bits per heavy atom. The van der Waals surface area contributed by atoms with Gasteiger partial charge in [0.15, 0.2) is 9.84 Å². The van der Waals surface area contributed by atoms with E-state index in [-0.39, 0.29) is 11.6 Å². The molecule has 1 rings (SSSR count). The Hall–Kier alpha value is -1.67. The topological polar surface area (TPSA) is 98.5 Å². The van der Waals surface area contributed by atoms with Gasteiger partial charge in [-0.1, -0.05) is 24.4 Å². The van der Waals surface area contributed by atoms with Crippen LogP contribution in [0.3, 0.4) is 0 Å². The van der Waals surface area contributed by atoms with Gasteiger partial charge in [0, 0.05) is 6.26 Å². The van der Waals surface area contributed by atoms with Crippen LogP contribution in [0.2, 0.25) is 0 Å². The van der Waals surface area contributed by atoms with E-state index >= 15 is 0 Å². The molecule has 0 radical (unpaired) electrons. The molecule has 0 aliphatic rings. The number of benzene rings is 1. The smallest absolute Gasteiger partial charge is 0.242 e. The number of carbonyl (C=O) groups excluding carboxylic acids is 1. The number of amides is 1. The Morgan fingerprint density at radius 3 is 2.60 bits per heavy atom. The van der Waals surface area contributed by atoms with E-state index in [1.165, 1.54) is 6.92 Å². The van der Waals surface area contributed by atoms with Crippen molar-refractivity contribution in [2.75, 3.05) is 18.2 Å². The Labute approximate surface area is 123 Å². The van der Waals surface area contributed by atoms with E-state index in [9.17, 15) is 13.2 Å². The van der Waals surface area contributed by atoms with E-state index < -0.39 is 21.0 Å². The molecule has 1 aromatic rings. The van der Waals surface area contributed by atoms with Crippen molar-refractivity contribution in [3.05, 3.63) is 24.3 Å². The minimum absolute atomic E-state index is 0.0316. The van der Waals surface area contributed by atoms with Crippen LogP contribution in [-0.2, 0) is 14.6 Å². The summed E-state index contributed by atoms with van der Waals surface area (Å²) >= 11 is 4.70. The normalized spacial score (nSPS) is 12.5. The van der Waals surface area contributed by atoms with E-state index in [2.05, 4.69) is 5.32 Å². The average molecular weight is 316 g/mol. The number of carbonyl (C=O) groups is 1. The number of para-hydroxylation sites is 2. The number of ether oxygens (including phenoxy) is 1. The molecule has 6 nitrogen and oxygen atoms in total. The van der Waals surface area contributed by atoms with Gasteiger partial charge in [0.25, 0.3) is 0 Å². The summed E-state index contributed by atoms with van der Waals surface area (Å²) in [6, 6.07) is 6.62. The van der Waals surface area contributed by atoms with Crippen molar-refractivity contribution in [2.45, 2.75) is 12.2 Å². The molecule has 0 aliphatic heterocycles. The lowest BCUT2D eigenvalue weighted by atomic mass is 10.3. The van der Waals surface area contributed by atoms with E-state index in [1.54, 1.807) is 24.3 Å². The molecule has 20 heavy (non-hydrogen) atoms. The van der Waals surface area contributed by atoms with E-state index in [4.69, 9.17) is 22.7 Å². The maximum Gasteiger partial charge on any atom is 0.242 e. The van der Waals surface area contributed by atoms with Gasteiger partial charge in [0.2, 0.25) is 5.91 Å². The van der Waals surface area contributed by atoms with Gasteiger partial charge < -0.3 is 15.8 Å². The summed E-state index contributed by atoms with van der Waals surface area (Å²) < 4.78 is 28.0. The molecule has 0 aliphatic carbocycles. The first-order valence-corrected chi connectivity index (χ1v) is 8.08. The van der Waals surface area contributed by atoms with Crippen molar-refractivity contribution >= 4 is 38.6 Å². The van der Waals surface area contributed by atoms with Crippen molar-refractivity contribution in [3.8, 4) is 5.75 Å². The van der Waals surface area contributed by atoms with Crippen LogP contribution in [0.4, 0.5) is 5.69 Å². The minimum Gasteiger partial charge on any atom is -0.484 e. The zero-order chi connectivity index (χ0) is 15.3. The van der Waals surface area contributed by atoms with E-state index in [1.807, 2.05) is 0 Å². The van der Waals surface area contributed by atoms with Crippen LogP contribution < -0.4 is 15.8 Å².